The van der Waals surface area contributed by atoms with Crippen molar-refractivity contribution in [1.82, 2.24) is 15.1 Å². The fourth-order valence-corrected chi connectivity index (χ4v) is 4.08. The van der Waals surface area contributed by atoms with E-state index in [1.807, 2.05) is 26.0 Å². The Morgan fingerprint density at radius 3 is 2.22 bits per heavy atom. The standard InChI is InChI=1S/C25H34FN3O3/c1-17-14-23(31-4)24(32-5)15-21(17)16-28-10-12-29(13-11-28)19(3)25(30)27-18(2)20-6-8-22(26)9-7-20/h6-9,14-15,18-19H,10-13,16H2,1-5H3,(H,27,30). The molecule has 1 amide bonds. The quantitative estimate of drug-likeness (QED) is 0.677. The Morgan fingerprint density at radius 1 is 1.03 bits per heavy atom. The van der Waals surface area contributed by atoms with Gasteiger partial charge in [0, 0.05) is 32.7 Å². The summed E-state index contributed by atoms with van der Waals surface area (Å²) in [6, 6.07) is 9.93. The predicted molar refractivity (Wildman–Crippen MR) is 124 cm³/mol. The van der Waals surface area contributed by atoms with E-state index in [9.17, 15) is 9.18 Å². The maximum absolute atomic E-state index is 13.1. The van der Waals surface area contributed by atoms with Crippen molar-refractivity contribution in [3.63, 3.8) is 0 Å². The summed E-state index contributed by atoms with van der Waals surface area (Å²) in [6.07, 6.45) is 0. The van der Waals surface area contributed by atoms with Crippen molar-refractivity contribution in [1.29, 1.82) is 0 Å². The molecule has 0 aromatic heterocycles. The number of halogens is 1. The number of benzene rings is 2. The second-order valence-corrected chi connectivity index (χ2v) is 8.40. The van der Waals surface area contributed by atoms with Gasteiger partial charge in [-0.2, -0.15) is 0 Å². The second kappa shape index (κ2) is 10.8. The molecule has 32 heavy (non-hydrogen) atoms. The second-order valence-electron chi connectivity index (χ2n) is 8.40. The third kappa shape index (κ3) is 5.78. The minimum atomic E-state index is -0.276. The summed E-state index contributed by atoms with van der Waals surface area (Å²) in [5.74, 6) is 1.20. The predicted octanol–water partition coefficient (Wildman–Crippen LogP) is 3.53. The van der Waals surface area contributed by atoms with Crippen LogP contribution < -0.4 is 14.8 Å². The van der Waals surface area contributed by atoms with Crippen LogP contribution in [0.4, 0.5) is 4.39 Å². The third-order valence-electron chi connectivity index (χ3n) is 6.30. The number of hydrogen-bond acceptors (Lipinski definition) is 5. The Hall–Kier alpha value is -2.64. The lowest BCUT2D eigenvalue weighted by molar-refractivity contribution is -0.127. The molecule has 0 bridgehead atoms. The number of piperazine rings is 1. The highest BCUT2D eigenvalue weighted by molar-refractivity contribution is 5.81. The van der Waals surface area contributed by atoms with Gasteiger partial charge >= 0.3 is 0 Å². The van der Waals surface area contributed by atoms with Gasteiger partial charge in [-0.25, -0.2) is 4.39 Å². The van der Waals surface area contributed by atoms with Gasteiger partial charge in [-0.3, -0.25) is 14.6 Å². The van der Waals surface area contributed by atoms with E-state index in [2.05, 4.69) is 22.0 Å². The normalized spacial score (nSPS) is 16.9. The van der Waals surface area contributed by atoms with E-state index in [0.717, 1.165) is 49.8 Å². The van der Waals surface area contributed by atoms with Crippen molar-refractivity contribution >= 4 is 5.91 Å². The summed E-state index contributed by atoms with van der Waals surface area (Å²) < 4.78 is 24.0. The lowest BCUT2D eigenvalue weighted by atomic mass is 10.1. The van der Waals surface area contributed by atoms with E-state index in [1.54, 1.807) is 26.4 Å². The number of nitrogens with zero attached hydrogens (tertiary/aromatic N) is 2. The van der Waals surface area contributed by atoms with Crippen molar-refractivity contribution in [2.24, 2.45) is 0 Å². The molecule has 1 heterocycles. The van der Waals surface area contributed by atoms with Crippen molar-refractivity contribution in [2.45, 2.75) is 39.4 Å². The summed E-state index contributed by atoms with van der Waals surface area (Å²) in [4.78, 5) is 17.4. The Labute approximate surface area is 190 Å². The summed E-state index contributed by atoms with van der Waals surface area (Å²) in [6.45, 7) is 10.2. The molecule has 0 radical (unpaired) electrons. The lowest BCUT2D eigenvalue weighted by Crippen LogP contribution is -2.53. The van der Waals surface area contributed by atoms with E-state index in [1.165, 1.54) is 23.3 Å². The minimum Gasteiger partial charge on any atom is -0.493 e. The number of carbonyl (C=O) groups excluding carboxylic acids is 1. The number of amides is 1. The first-order valence-corrected chi connectivity index (χ1v) is 11.1. The fourth-order valence-electron chi connectivity index (χ4n) is 4.08. The smallest absolute Gasteiger partial charge is 0.237 e. The molecule has 1 N–H and O–H groups in total. The molecule has 1 saturated heterocycles. The number of methoxy groups -OCH3 is 2. The average molecular weight is 444 g/mol. The van der Waals surface area contributed by atoms with Gasteiger partial charge in [0.2, 0.25) is 5.91 Å². The van der Waals surface area contributed by atoms with Gasteiger partial charge in [0.25, 0.3) is 0 Å². The Kier molecular flexibility index (Phi) is 8.10. The molecule has 6 nitrogen and oxygen atoms in total. The maximum atomic E-state index is 13.1. The number of ether oxygens (including phenoxy) is 2. The molecule has 0 spiro atoms. The molecule has 0 aliphatic carbocycles. The number of nitrogens with one attached hydrogen (secondary N) is 1. The molecule has 2 atom stereocenters. The molecule has 2 unspecified atom stereocenters. The zero-order valence-electron chi connectivity index (χ0n) is 19.7. The Bertz CT molecular complexity index is 911. The van der Waals surface area contributed by atoms with Gasteiger partial charge in [0.15, 0.2) is 11.5 Å². The average Bonchev–Trinajstić information content (AvgIpc) is 2.80. The molecule has 1 fully saturated rings. The van der Waals surface area contributed by atoms with E-state index in [-0.39, 0.29) is 23.8 Å². The van der Waals surface area contributed by atoms with Crippen molar-refractivity contribution in [3.8, 4) is 11.5 Å². The molecule has 2 aromatic rings. The van der Waals surface area contributed by atoms with Crippen molar-refractivity contribution in [2.75, 3.05) is 40.4 Å². The van der Waals surface area contributed by atoms with Gasteiger partial charge < -0.3 is 14.8 Å². The number of rotatable bonds is 8. The number of aryl methyl sites for hydroxylation is 1. The van der Waals surface area contributed by atoms with Crippen LogP contribution in [0.15, 0.2) is 36.4 Å². The van der Waals surface area contributed by atoms with Crippen LogP contribution in [0, 0.1) is 12.7 Å². The molecule has 0 saturated carbocycles. The van der Waals surface area contributed by atoms with Crippen molar-refractivity contribution < 1.29 is 18.7 Å². The van der Waals surface area contributed by atoms with Crippen LogP contribution in [0.3, 0.4) is 0 Å². The highest BCUT2D eigenvalue weighted by Gasteiger charge is 2.27. The van der Waals surface area contributed by atoms with E-state index in [4.69, 9.17) is 9.47 Å². The van der Waals surface area contributed by atoms with Crippen LogP contribution in [0.25, 0.3) is 0 Å². The van der Waals surface area contributed by atoms with Crippen LogP contribution in [-0.2, 0) is 11.3 Å². The molecule has 3 rings (SSSR count). The van der Waals surface area contributed by atoms with Crippen LogP contribution in [-0.4, -0.2) is 62.1 Å². The highest BCUT2D eigenvalue weighted by Crippen LogP contribution is 2.31. The third-order valence-corrected chi connectivity index (χ3v) is 6.30. The molecule has 2 aromatic carbocycles. The van der Waals surface area contributed by atoms with Crippen LogP contribution >= 0.6 is 0 Å². The van der Waals surface area contributed by atoms with E-state index >= 15 is 0 Å². The van der Waals surface area contributed by atoms with Gasteiger partial charge in [-0.15, -0.1) is 0 Å². The number of hydrogen-bond donors (Lipinski definition) is 1. The van der Waals surface area contributed by atoms with Gasteiger partial charge in [0.05, 0.1) is 26.3 Å². The highest BCUT2D eigenvalue weighted by atomic mass is 19.1. The van der Waals surface area contributed by atoms with E-state index < -0.39 is 0 Å². The Balaban J connectivity index is 1.52. The monoisotopic (exact) mass is 443 g/mol. The molecule has 1 aliphatic rings. The first-order valence-electron chi connectivity index (χ1n) is 11.1. The number of carbonyl (C=O) groups is 1. The van der Waals surface area contributed by atoms with Crippen LogP contribution in [0.5, 0.6) is 11.5 Å². The maximum Gasteiger partial charge on any atom is 0.237 e. The summed E-state index contributed by atoms with van der Waals surface area (Å²) in [5.41, 5.74) is 3.28. The SMILES string of the molecule is COc1cc(C)c(CN2CCN(C(C)C(=O)NC(C)c3ccc(F)cc3)CC2)cc1OC. The summed E-state index contributed by atoms with van der Waals surface area (Å²) in [7, 11) is 3.30. The topological polar surface area (TPSA) is 54.0 Å². The van der Waals surface area contributed by atoms with Crippen LogP contribution in [0.2, 0.25) is 0 Å². The minimum absolute atomic E-state index is 0.00832. The van der Waals surface area contributed by atoms with Gasteiger partial charge in [-0.1, -0.05) is 12.1 Å². The van der Waals surface area contributed by atoms with Gasteiger partial charge in [0.1, 0.15) is 5.82 Å². The molecular formula is C25H34FN3O3. The summed E-state index contributed by atoms with van der Waals surface area (Å²) in [5, 5.41) is 3.05. The molecule has 7 heteroatoms. The van der Waals surface area contributed by atoms with Gasteiger partial charge in [-0.05, 0) is 61.7 Å². The van der Waals surface area contributed by atoms with E-state index in [0.29, 0.717) is 0 Å². The van der Waals surface area contributed by atoms with Crippen LogP contribution in [0.1, 0.15) is 36.6 Å². The molecule has 1 aliphatic heterocycles. The Morgan fingerprint density at radius 2 is 1.62 bits per heavy atom. The van der Waals surface area contributed by atoms with Crippen molar-refractivity contribution in [3.05, 3.63) is 58.9 Å². The molecular weight excluding hydrogens is 409 g/mol. The fraction of sp³-hybridized carbons (Fsp3) is 0.480. The first kappa shape index (κ1) is 24.0. The first-order chi connectivity index (χ1) is 15.3. The lowest BCUT2D eigenvalue weighted by Gasteiger charge is -2.38. The zero-order chi connectivity index (χ0) is 23.3. The summed E-state index contributed by atoms with van der Waals surface area (Å²) >= 11 is 0. The zero-order valence-corrected chi connectivity index (χ0v) is 19.7. The largest absolute Gasteiger partial charge is 0.493 e. The molecule has 174 valence electrons.